The van der Waals surface area contributed by atoms with E-state index in [0.717, 1.165) is 17.8 Å². The molecule has 0 unspecified atom stereocenters. The minimum Gasteiger partial charge on any atom is -0.358 e. The molecule has 2 aromatic carbocycles. The van der Waals surface area contributed by atoms with E-state index in [1.54, 1.807) is 35.4 Å². The van der Waals surface area contributed by atoms with E-state index in [1.165, 1.54) is 23.0 Å². The van der Waals surface area contributed by atoms with Crippen LogP contribution in [0.4, 0.5) is 23.2 Å². The molecule has 2 aliphatic rings. The lowest BCUT2D eigenvalue weighted by atomic mass is 9.83. The fourth-order valence-corrected chi connectivity index (χ4v) is 6.37. The topological polar surface area (TPSA) is 71.3 Å². The smallest absolute Gasteiger partial charge is 0.275 e. The highest BCUT2D eigenvalue weighted by molar-refractivity contribution is 9.10. The number of hydrogen-bond acceptors (Lipinski definition) is 5. The molecule has 0 N–H and O–H groups in total. The van der Waals surface area contributed by atoms with Crippen LogP contribution in [-0.4, -0.2) is 56.5 Å². The third kappa shape index (κ3) is 4.59. The number of Topliss-reactive ketones (excluding diaryl/α,β-unsaturated/α-hetero) is 1. The van der Waals surface area contributed by atoms with Crippen molar-refractivity contribution >= 4 is 33.3 Å². The lowest BCUT2D eigenvalue weighted by molar-refractivity contribution is -0.123. The van der Waals surface area contributed by atoms with Gasteiger partial charge in [0.25, 0.3) is 5.91 Å². The van der Waals surface area contributed by atoms with Gasteiger partial charge in [-0.2, -0.15) is 5.10 Å². The minimum absolute atomic E-state index is 0.0157. The molecular formula is C29H22BrF4N5O2. The number of ketones is 1. The van der Waals surface area contributed by atoms with Gasteiger partial charge in [0.05, 0.1) is 15.9 Å². The van der Waals surface area contributed by atoms with E-state index < -0.39 is 28.9 Å². The Bertz CT molecular complexity index is 1630. The highest BCUT2D eigenvalue weighted by Crippen LogP contribution is 2.40. The molecule has 1 spiro atoms. The van der Waals surface area contributed by atoms with Crippen molar-refractivity contribution in [1.82, 2.24) is 19.7 Å². The maximum Gasteiger partial charge on any atom is 0.275 e. The zero-order chi connectivity index (χ0) is 28.9. The molecule has 0 atom stereocenters. The van der Waals surface area contributed by atoms with Gasteiger partial charge in [-0.15, -0.1) is 0 Å². The summed E-state index contributed by atoms with van der Waals surface area (Å²) >= 11 is 3.46. The normalized spacial score (nSPS) is 16.6. The molecule has 41 heavy (non-hydrogen) atoms. The van der Waals surface area contributed by atoms with Gasteiger partial charge in [0.2, 0.25) is 0 Å². The molecule has 1 amide bonds. The molecule has 210 valence electrons. The van der Waals surface area contributed by atoms with Crippen molar-refractivity contribution in [3.05, 3.63) is 94.4 Å². The van der Waals surface area contributed by atoms with E-state index in [1.807, 2.05) is 4.90 Å². The van der Waals surface area contributed by atoms with E-state index in [4.69, 9.17) is 0 Å². The van der Waals surface area contributed by atoms with E-state index in [-0.39, 0.29) is 40.5 Å². The number of halogens is 5. The first-order chi connectivity index (χ1) is 19.7. The fraction of sp³-hybridized carbons (Fsp3) is 0.241. The van der Waals surface area contributed by atoms with E-state index >= 15 is 0 Å². The molecule has 4 heterocycles. The van der Waals surface area contributed by atoms with Crippen LogP contribution in [0.2, 0.25) is 0 Å². The summed E-state index contributed by atoms with van der Waals surface area (Å²) in [6, 6.07) is 11.0. The molecule has 4 aromatic rings. The third-order valence-electron chi connectivity index (χ3n) is 7.79. The standard InChI is InChI=1S/C29H22BrF4N5O2/c30-24-26(36-39(27(24)17-2-1-10-35-16-17)20-14-21(32)25(34)22(33)15-20)28(41)37-12-8-29(9-13-37)23(40)7-11-38(29)19-5-3-18(31)4-6-19/h1-6,10,14-16H,7-9,11-13H2. The van der Waals surface area contributed by atoms with Crippen LogP contribution in [0.15, 0.2) is 65.4 Å². The highest BCUT2D eigenvalue weighted by atomic mass is 79.9. The summed E-state index contributed by atoms with van der Waals surface area (Å²) < 4.78 is 57.0. The second-order valence-corrected chi connectivity index (χ2v) is 10.8. The van der Waals surface area contributed by atoms with Gasteiger partial charge in [-0.05, 0) is 65.2 Å². The number of anilines is 1. The summed E-state index contributed by atoms with van der Waals surface area (Å²) in [4.78, 5) is 34.5. The number of carbonyl (C=O) groups is 2. The lowest BCUT2D eigenvalue weighted by Crippen LogP contribution is -2.56. The third-order valence-corrected chi connectivity index (χ3v) is 8.54. The Hall–Kier alpha value is -4.06. The monoisotopic (exact) mass is 627 g/mol. The van der Waals surface area contributed by atoms with Crippen molar-refractivity contribution in [3.8, 4) is 16.9 Å². The van der Waals surface area contributed by atoms with Gasteiger partial charge in [0.1, 0.15) is 11.4 Å². The Morgan fingerprint density at radius 3 is 2.24 bits per heavy atom. The van der Waals surface area contributed by atoms with Crippen molar-refractivity contribution in [3.63, 3.8) is 0 Å². The Kier molecular flexibility index (Phi) is 6.88. The summed E-state index contributed by atoms with van der Waals surface area (Å²) in [6.07, 6.45) is 4.16. The number of benzene rings is 2. The molecule has 0 bridgehead atoms. The molecule has 6 rings (SSSR count). The van der Waals surface area contributed by atoms with Crippen molar-refractivity contribution in [2.45, 2.75) is 24.8 Å². The lowest BCUT2D eigenvalue weighted by Gasteiger charge is -2.44. The molecule has 0 radical (unpaired) electrons. The summed E-state index contributed by atoms with van der Waals surface area (Å²) in [7, 11) is 0. The van der Waals surface area contributed by atoms with Crippen LogP contribution in [0.5, 0.6) is 0 Å². The predicted molar refractivity (Wildman–Crippen MR) is 146 cm³/mol. The number of nitrogens with zero attached hydrogens (tertiary/aromatic N) is 5. The molecular weight excluding hydrogens is 606 g/mol. The first-order valence-corrected chi connectivity index (χ1v) is 13.7. The number of aromatic nitrogens is 3. The van der Waals surface area contributed by atoms with Gasteiger partial charge in [-0.25, -0.2) is 22.2 Å². The molecule has 12 heteroatoms. The minimum atomic E-state index is -1.61. The van der Waals surface area contributed by atoms with Crippen LogP contribution in [0.3, 0.4) is 0 Å². The van der Waals surface area contributed by atoms with Gasteiger partial charge < -0.3 is 9.80 Å². The molecule has 2 aliphatic heterocycles. The largest absolute Gasteiger partial charge is 0.358 e. The van der Waals surface area contributed by atoms with Crippen LogP contribution >= 0.6 is 15.9 Å². The zero-order valence-electron chi connectivity index (χ0n) is 21.5. The van der Waals surface area contributed by atoms with Crippen molar-refractivity contribution in [1.29, 1.82) is 0 Å². The number of amides is 1. The SMILES string of the molecule is O=C(c1nn(-c2cc(F)c(F)c(F)c2)c(-c2cccnc2)c1Br)N1CCC2(CC1)C(=O)CCN2c1ccc(F)cc1. The van der Waals surface area contributed by atoms with E-state index in [0.29, 0.717) is 37.1 Å². The molecule has 2 fully saturated rings. The number of likely N-dealkylation sites (tertiary alicyclic amines) is 1. The zero-order valence-corrected chi connectivity index (χ0v) is 23.0. The first-order valence-electron chi connectivity index (χ1n) is 12.9. The Balaban J connectivity index is 1.32. The Morgan fingerprint density at radius 2 is 1.61 bits per heavy atom. The Morgan fingerprint density at radius 1 is 0.927 bits per heavy atom. The second-order valence-electron chi connectivity index (χ2n) is 10.0. The summed E-state index contributed by atoms with van der Waals surface area (Å²) in [5.74, 6) is -5.14. The number of piperidine rings is 1. The van der Waals surface area contributed by atoms with Gasteiger partial charge >= 0.3 is 0 Å². The summed E-state index contributed by atoms with van der Waals surface area (Å²) in [5, 5.41) is 4.40. The average Bonchev–Trinajstić information content (AvgIpc) is 3.49. The number of rotatable bonds is 4. The molecule has 0 saturated carbocycles. The van der Waals surface area contributed by atoms with Crippen molar-refractivity contribution in [2.24, 2.45) is 0 Å². The summed E-state index contributed by atoms with van der Waals surface area (Å²) in [5.41, 5.74) is 0.615. The van der Waals surface area contributed by atoms with Gasteiger partial charge in [0, 0.05) is 61.8 Å². The molecule has 7 nitrogen and oxygen atoms in total. The van der Waals surface area contributed by atoms with Crippen LogP contribution < -0.4 is 4.90 Å². The number of carbonyl (C=O) groups excluding carboxylic acids is 2. The maximum atomic E-state index is 14.2. The van der Waals surface area contributed by atoms with Gasteiger partial charge in [-0.1, -0.05) is 0 Å². The second kappa shape index (κ2) is 10.4. The van der Waals surface area contributed by atoms with Gasteiger partial charge in [0.15, 0.2) is 28.9 Å². The van der Waals surface area contributed by atoms with Gasteiger partial charge in [-0.3, -0.25) is 14.6 Å². The fourth-order valence-electron chi connectivity index (χ4n) is 5.72. The molecule has 2 aromatic heterocycles. The average molecular weight is 628 g/mol. The predicted octanol–water partition coefficient (Wildman–Crippen LogP) is 5.71. The quantitative estimate of drug-likeness (QED) is 0.214. The van der Waals surface area contributed by atoms with Crippen molar-refractivity contribution in [2.75, 3.05) is 24.5 Å². The van der Waals surface area contributed by atoms with E-state index in [2.05, 4.69) is 26.0 Å². The van der Waals surface area contributed by atoms with Crippen LogP contribution in [0, 0.1) is 23.3 Å². The molecule has 0 aliphatic carbocycles. The van der Waals surface area contributed by atoms with Crippen molar-refractivity contribution < 1.29 is 27.2 Å². The first kappa shape index (κ1) is 27.1. The van der Waals surface area contributed by atoms with Crippen LogP contribution in [0.1, 0.15) is 29.8 Å². The van der Waals surface area contributed by atoms with Crippen LogP contribution in [-0.2, 0) is 4.79 Å². The maximum absolute atomic E-state index is 14.2. The highest BCUT2D eigenvalue weighted by Gasteiger charge is 2.50. The number of pyridine rings is 1. The Labute approximate surface area is 240 Å². The van der Waals surface area contributed by atoms with E-state index in [9.17, 15) is 27.2 Å². The van der Waals surface area contributed by atoms with Crippen LogP contribution in [0.25, 0.3) is 16.9 Å². The number of hydrogen-bond donors (Lipinski definition) is 0. The molecule has 2 saturated heterocycles. The summed E-state index contributed by atoms with van der Waals surface area (Å²) in [6.45, 7) is 1.01.